The molecule has 0 aliphatic carbocycles. The molecule has 0 saturated carbocycles. The molecule has 1 aromatic heterocycles. The number of aromatic nitrogens is 2. The van der Waals surface area contributed by atoms with Gasteiger partial charge in [-0.3, -0.25) is 13.6 Å². The van der Waals surface area contributed by atoms with Gasteiger partial charge in [-0.25, -0.2) is 9.36 Å². The molecular weight excluding hydrogens is 317 g/mol. The van der Waals surface area contributed by atoms with E-state index >= 15 is 0 Å². The lowest BCUT2D eigenvalue weighted by molar-refractivity contribution is -0.0982. The van der Waals surface area contributed by atoms with Gasteiger partial charge in [0.25, 0.3) is 0 Å². The van der Waals surface area contributed by atoms with Crippen molar-refractivity contribution >= 4 is 13.6 Å². The Hall–Kier alpha value is -1.29. The molecule has 0 saturated heterocycles. The lowest BCUT2D eigenvalue weighted by Crippen LogP contribution is -2.34. The van der Waals surface area contributed by atoms with E-state index in [0.717, 1.165) is 11.7 Å². The molecule has 0 amide bonds. The first kappa shape index (κ1) is 18.8. The zero-order valence-corrected chi connectivity index (χ0v) is 13.2. The molecule has 126 valence electrons. The lowest BCUT2D eigenvalue weighted by Gasteiger charge is -2.24. The summed E-state index contributed by atoms with van der Waals surface area (Å²) in [5.41, 5.74) is 4.71. The van der Waals surface area contributed by atoms with Crippen molar-refractivity contribution in [3.8, 4) is 0 Å². The Morgan fingerprint density at radius 1 is 1.55 bits per heavy atom. The van der Waals surface area contributed by atoms with E-state index < -0.39 is 32.5 Å². The summed E-state index contributed by atoms with van der Waals surface area (Å²) in [7, 11) is -3.08. The summed E-state index contributed by atoms with van der Waals surface area (Å²) < 4.78 is 26.8. The predicted octanol–water partition coefficient (Wildman–Crippen LogP) is -0.125. The average molecular weight is 337 g/mol. The maximum absolute atomic E-state index is 11.7. The monoisotopic (exact) mass is 337 g/mol. The van der Waals surface area contributed by atoms with Crippen molar-refractivity contribution in [3.05, 3.63) is 22.7 Å². The number of ether oxygens (including phenoxy) is 1. The molecule has 0 aromatic carbocycles. The number of phosphoric ester groups is 1. The second kappa shape index (κ2) is 8.37. The van der Waals surface area contributed by atoms with E-state index in [1.54, 1.807) is 6.92 Å². The largest absolute Gasteiger partial charge is 0.472 e. The Labute approximate surface area is 127 Å². The van der Waals surface area contributed by atoms with Crippen LogP contribution in [0.25, 0.3) is 0 Å². The van der Waals surface area contributed by atoms with Gasteiger partial charge >= 0.3 is 13.5 Å². The highest BCUT2D eigenvalue weighted by Crippen LogP contribution is 2.42. The smallest absolute Gasteiger partial charge is 0.392 e. The molecule has 0 spiro atoms. The molecule has 1 aromatic rings. The molecule has 0 radical (unpaired) electrons. The third-order valence-corrected chi connectivity index (χ3v) is 3.71. The van der Waals surface area contributed by atoms with Crippen molar-refractivity contribution in [1.29, 1.82) is 0 Å². The van der Waals surface area contributed by atoms with Gasteiger partial charge in [0.15, 0.2) is 6.23 Å². The fourth-order valence-electron chi connectivity index (χ4n) is 1.55. The van der Waals surface area contributed by atoms with Crippen molar-refractivity contribution in [2.75, 3.05) is 26.1 Å². The second-order valence-electron chi connectivity index (χ2n) is 4.29. The Morgan fingerprint density at radius 2 is 2.23 bits per heavy atom. The maximum Gasteiger partial charge on any atom is 0.472 e. The molecule has 4 N–H and O–H groups in total. The number of nitrogens with zero attached hydrogens (tertiary/aromatic N) is 2. The molecule has 22 heavy (non-hydrogen) atoms. The van der Waals surface area contributed by atoms with Gasteiger partial charge in [-0.1, -0.05) is 6.92 Å². The Bertz CT molecular complexity index is 579. The molecule has 1 unspecified atom stereocenters. The first-order chi connectivity index (χ1) is 10.3. The summed E-state index contributed by atoms with van der Waals surface area (Å²) in [6.45, 7) is 1.01. The number of aliphatic hydroxyl groups is 1. The SMILES string of the molecule is CC[C@H](COP(=O)(O)OC)O[C@H](CO)n1ccc(N)nc1=O. The maximum atomic E-state index is 11.7. The molecular formula is C11H20N3O7P. The zero-order chi connectivity index (χ0) is 16.8. The summed E-state index contributed by atoms with van der Waals surface area (Å²) in [5.74, 6) is 0.0506. The van der Waals surface area contributed by atoms with E-state index in [0.29, 0.717) is 6.42 Å². The minimum absolute atomic E-state index is 0.0506. The van der Waals surface area contributed by atoms with Crippen LogP contribution < -0.4 is 11.4 Å². The number of nitrogens with two attached hydrogens (primary N) is 1. The van der Waals surface area contributed by atoms with Crippen molar-refractivity contribution < 1.29 is 28.3 Å². The number of phosphoric acid groups is 1. The summed E-state index contributed by atoms with van der Waals surface area (Å²) in [5, 5.41) is 9.38. The molecule has 3 atom stereocenters. The van der Waals surface area contributed by atoms with Crippen LogP contribution >= 0.6 is 7.82 Å². The van der Waals surface area contributed by atoms with Crippen LogP contribution in [-0.2, 0) is 18.3 Å². The fourth-order valence-corrected chi connectivity index (χ4v) is 2.01. The van der Waals surface area contributed by atoms with E-state index in [1.165, 1.54) is 12.3 Å². The molecule has 1 heterocycles. The molecule has 10 nitrogen and oxygen atoms in total. The van der Waals surface area contributed by atoms with Gasteiger partial charge in [0.2, 0.25) is 0 Å². The highest BCUT2D eigenvalue weighted by atomic mass is 31.2. The minimum atomic E-state index is -4.12. The molecule has 0 aliphatic rings. The first-order valence-corrected chi connectivity index (χ1v) is 7.96. The standard InChI is InChI=1S/C11H20N3O7P/c1-3-8(7-20-22(17,18)19-2)21-10(6-15)14-5-4-9(12)13-11(14)16/h4-5,8,10,15H,3,6-7H2,1-2H3,(H,17,18)(H2,12,13,16)/t8-,10-/m1/s1. The second-order valence-corrected chi connectivity index (χ2v) is 5.85. The summed E-state index contributed by atoms with van der Waals surface area (Å²) in [6.07, 6.45) is 0.0924. The fraction of sp³-hybridized carbons (Fsp3) is 0.636. The van der Waals surface area contributed by atoms with E-state index in [2.05, 4.69) is 9.51 Å². The van der Waals surface area contributed by atoms with Gasteiger partial charge in [-0.2, -0.15) is 4.98 Å². The van der Waals surface area contributed by atoms with Crippen molar-refractivity contribution in [1.82, 2.24) is 9.55 Å². The third kappa shape index (κ3) is 5.48. The average Bonchev–Trinajstić information content (AvgIpc) is 2.48. The minimum Gasteiger partial charge on any atom is -0.392 e. The highest BCUT2D eigenvalue weighted by molar-refractivity contribution is 7.47. The number of aliphatic hydroxyl groups excluding tert-OH is 1. The molecule has 1 rings (SSSR count). The summed E-state index contributed by atoms with van der Waals surface area (Å²) in [4.78, 5) is 24.4. The van der Waals surface area contributed by atoms with E-state index in [4.69, 9.17) is 15.0 Å². The summed E-state index contributed by atoms with van der Waals surface area (Å²) in [6, 6.07) is 1.39. The quantitative estimate of drug-likeness (QED) is 0.524. The zero-order valence-electron chi connectivity index (χ0n) is 12.3. The van der Waals surface area contributed by atoms with Crippen LogP contribution in [0.3, 0.4) is 0 Å². The molecule has 0 fully saturated rings. The number of hydrogen-bond acceptors (Lipinski definition) is 8. The van der Waals surface area contributed by atoms with Gasteiger partial charge in [0.05, 0.1) is 19.3 Å². The van der Waals surface area contributed by atoms with Crippen molar-refractivity contribution in [2.45, 2.75) is 25.7 Å². The van der Waals surface area contributed by atoms with Crippen LogP contribution in [0.1, 0.15) is 19.6 Å². The third-order valence-electron chi connectivity index (χ3n) is 2.78. The van der Waals surface area contributed by atoms with Gasteiger partial charge in [0, 0.05) is 13.3 Å². The first-order valence-electron chi connectivity index (χ1n) is 6.47. The van der Waals surface area contributed by atoms with E-state index in [9.17, 15) is 19.4 Å². The Balaban J connectivity index is 2.78. The lowest BCUT2D eigenvalue weighted by atomic mass is 10.3. The molecule has 0 bridgehead atoms. The normalized spacial score (nSPS) is 16.9. The number of hydrogen-bond donors (Lipinski definition) is 3. The van der Waals surface area contributed by atoms with Crippen molar-refractivity contribution in [2.24, 2.45) is 0 Å². The number of rotatable bonds is 9. The topological polar surface area (TPSA) is 146 Å². The highest BCUT2D eigenvalue weighted by Gasteiger charge is 2.23. The Morgan fingerprint density at radius 3 is 2.73 bits per heavy atom. The van der Waals surface area contributed by atoms with Crippen LogP contribution in [0.5, 0.6) is 0 Å². The van der Waals surface area contributed by atoms with Gasteiger partial charge in [-0.15, -0.1) is 0 Å². The van der Waals surface area contributed by atoms with Gasteiger partial charge < -0.3 is 20.5 Å². The van der Waals surface area contributed by atoms with Gasteiger partial charge in [0.1, 0.15) is 5.82 Å². The van der Waals surface area contributed by atoms with Crippen LogP contribution in [0.2, 0.25) is 0 Å². The van der Waals surface area contributed by atoms with Crippen LogP contribution in [-0.4, -0.2) is 46.0 Å². The predicted molar refractivity (Wildman–Crippen MR) is 77.0 cm³/mol. The summed E-state index contributed by atoms with van der Waals surface area (Å²) >= 11 is 0. The molecule has 11 heteroatoms. The van der Waals surface area contributed by atoms with E-state index in [-0.39, 0.29) is 12.4 Å². The van der Waals surface area contributed by atoms with E-state index in [1.807, 2.05) is 0 Å². The van der Waals surface area contributed by atoms with Crippen LogP contribution in [0.4, 0.5) is 5.82 Å². The number of anilines is 1. The Kier molecular flexibility index (Phi) is 7.14. The van der Waals surface area contributed by atoms with Gasteiger partial charge in [-0.05, 0) is 12.5 Å². The molecule has 0 aliphatic heterocycles. The number of nitrogen functional groups attached to an aromatic ring is 1. The van der Waals surface area contributed by atoms with Crippen LogP contribution in [0, 0.1) is 0 Å². The van der Waals surface area contributed by atoms with Crippen molar-refractivity contribution in [3.63, 3.8) is 0 Å². The van der Waals surface area contributed by atoms with Crippen LogP contribution in [0.15, 0.2) is 17.1 Å².